The SMILES string of the molecule is C[C@@H]1CN(S(=O)(=O)c2ccc(C(=O)N=c3sc4cc(S(C)(=O)=O)ccc4n3C)cc2)C[C@@H](C)O1. The van der Waals surface area contributed by atoms with E-state index in [0.717, 1.165) is 11.8 Å². The summed E-state index contributed by atoms with van der Waals surface area (Å²) in [5, 5.41) is 0. The molecule has 0 N–H and O–H groups in total. The van der Waals surface area contributed by atoms with Gasteiger partial charge in [0.05, 0.1) is 32.2 Å². The molecule has 182 valence electrons. The van der Waals surface area contributed by atoms with Crippen molar-refractivity contribution in [3.8, 4) is 0 Å². The van der Waals surface area contributed by atoms with Crippen LogP contribution in [0.4, 0.5) is 0 Å². The molecule has 0 bridgehead atoms. The minimum atomic E-state index is -3.71. The zero-order chi connectivity index (χ0) is 24.8. The van der Waals surface area contributed by atoms with Gasteiger partial charge in [0.1, 0.15) is 0 Å². The Balaban J connectivity index is 1.62. The number of nitrogens with zero attached hydrogens (tertiary/aromatic N) is 3. The van der Waals surface area contributed by atoms with Crippen LogP contribution < -0.4 is 4.80 Å². The molecule has 1 saturated heterocycles. The van der Waals surface area contributed by atoms with Gasteiger partial charge in [-0.1, -0.05) is 11.3 Å². The number of carbonyl (C=O) groups is 1. The van der Waals surface area contributed by atoms with E-state index in [-0.39, 0.29) is 40.7 Å². The smallest absolute Gasteiger partial charge is 0.279 e. The van der Waals surface area contributed by atoms with E-state index in [1.54, 1.807) is 23.7 Å². The van der Waals surface area contributed by atoms with Crippen molar-refractivity contribution in [1.82, 2.24) is 8.87 Å². The van der Waals surface area contributed by atoms with E-state index in [0.29, 0.717) is 9.50 Å². The monoisotopic (exact) mass is 523 g/mol. The van der Waals surface area contributed by atoms with Gasteiger partial charge in [0.15, 0.2) is 14.6 Å². The molecule has 3 aromatic rings. The minimum Gasteiger partial charge on any atom is -0.373 e. The molecule has 1 aliphatic heterocycles. The third-order valence-corrected chi connectivity index (χ3v) is 9.58. The number of sulfone groups is 1. The summed E-state index contributed by atoms with van der Waals surface area (Å²) in [5.74, 6) is -0.525. The number of hydrogen-bond acceptors (Lipinski definition) is 7. The molecule has 1 fully saturated rings. The molecule has 2 aromatic carbocycles. The van der Waals surface area contributed by atoms with Gasteiger partial charge in [0, 0.05) is 32.0 Å². The minimum absolute atomic E-state index is 0.103. The van der Waals surface area contributed by atoms with Gasteiger partial charge in [-0.25, -0.2) is 16.8 Å². The first-order chi connectivity index (χ1) is 15.9. The first kappa shape index (κ1) is 24.7. The summed E-state index contributed by atoms with van der Waals surface area (Å²) in [7, 11) is -5.32. The Hall–Kier alpha value is -2.38. The zero-order valence-electron chi connectivity index (χ0n) is 19.1. The molecule has 34 heavy (non-hydrogen) atoms. The Labute approximate surface area is 202 Å². The molecule has 1 amide bonds. The van der Waals surface area contributed by atoms with Crippen LogP contribution in [0.25, 0.3) is 10.2 Å². The molecule has 0 unspecified atom stereocenters. The molecule has 0 saturated carbocycles. The molecule has 0 radical (unpaired) electrons. The number of benzene rings is 2. The van der Waals surface area contributed by atoms with E-state index in [9.17, 15) is 21.6 Å². The average molecular weight is 524 g/mol. The highest BCUT2D eigenvalue weighted by Gasteiger charge is 2.32. The number of aryl methyl sites for hydroxylation is 1. The quantitative estimate of drug-likeness (QED) is 0.518. The fourth-order valence-electron chi connectivity index (χ4n) is 3.85. The van der Waals surface area contributed by atoms with Gasteiger partial charge >= 0.3 is 0 Å². The molecule has 9 nitrogen and oxygen atoms in total. The van der Waals surface area contributed by atoms with Crippen molar-refractivity contribution in [3.63, 3.8) is 0 Å². The molecule has 4 rings (SSSR count). The largest absolute Gasteiger partial charge is 0.373 e. The standard InChI is InChI=1S/C22H25N3O6S3/c1-14-12-25(13-15(2)31-14)34(29,30)17-7-5-16(6-8-17)21(26)23-22-24(3)19-10-9-18(33(4,27)28)11-20(19)32-22/h5-11,14-15H,12-13H2,1-4H3/t14-,15-/m1/s1. The summed E-state index contributed by atoms with van der Waals surface area (Å²) in [6.45, 7) is 4.20. The fraction of sp³-hybridized carbons (Fsp3) is 0.364. The Kier molecular flexibility index (Phi) is 6.55. The summed E-state index contributed by atoms with van der Waals surface area (Å²) < 4.78 is 59.1. The summed E-state index contributed by atoms with van der Waals surface area (Å²) >= 11 is 1.20. The third-order valence-electron chi connectivity index (χ3n) is 5.53. The summed E-state index contributed by atoms with van der Waals surface area (Å²) in [4.78, 5) is 17.6. The van der Waals surface area contributed by atoms with Gasteiger partial charge in [-0.15, -0.1) is 0 Å². The lowest BCUT2D eigenvalue weighted by atomic mass is 10.2. The molecule has 1 aliphatic rings. The lowest BCUT2D eigenvalue weighted by Crippen LogP contribution is -2.48. The van der Waals surface area contributed by atoms with Gasteiger partial charge in [0.2, 0.25) is 10.0 Å². The summed E-state index contributed by atoms with van der Waals surface area (Å²) in [5.41, 5.74) is 0.997. The number of aromatic nitrogens is 1. The lowest BCUT2D eigenvalue weighted by Gasteiger charge is -2.34. The van der Waals surface area contributed by atoms with E-state index in [4.69, 9.17) is 4.74 Å². The highest BCUT2D eigenvalue weighted by atomic mass is 32.2. The second-order valence-corrected chi connectivity index (χ2v) is 13.3. The predicted octanol–water partition coefficient (Wildman–Crippen LogP) is 2.18. The number of sulfonamides is 1. The van der Waals surface area contributed by atoms with Gasteiger partial charge in [0.25, 0.3) is 5.91 Å². The number of amides is 1. The average Bonchev–Trinajstić information content (AvgIpc) is 3.07. The lowest BCUT2D eigenvalue weighted by molar-refractivity contribution is -0.0440. The van der Waals surface area contributed by atoms with Crippen LogP contribution in [0.15, 0.2) is 57.2 Å². The van der Waals surface area contributed by atoms with Gasteiger partial charge in [-0.05, 0) is 56.3 Å². The van der Waals surface area contributed by atoms with Crippen LogP contribution >= 0.6 is 11.3 Å². The Morgan fingerprint density at radius 2 is 1.59 bits per heavy atom. The Morgan fingerprint density at radius 1 is 1.00 bits per heavy atom. The van der Waals surface area contributed by atoms with E-state index < -0.39 is 25.8 Å². The van der Waals surface area contributed by atoms with E-state index in [1.165, 1.54) is 46.0 Å². The highest BCUT2D eigenvalue weighted by molar-refractivity contribution is 7.90. The molecule has 0 spiro atoms. The second-order valence-electron chi connectivity index (χ2n) is 8.37. The van der Waals surface area contributed by atoms with Gasteiger partial charge in [-0.3, -0.25) is 4.79 Å². The van der Waals surface area contributed by atoms with Gasteiger partial charge in [-0.2, -0.15) is 9.30 Å². The van der Waals surface area contributed by atoms with Crippen molar-refractivity contribution >= 4 is 47.3 Å². The Morgan fingerprint density at radius 3 is 2.18 bits per heavy atom. The number of rotatable bonds is 4. The van der Waals surface area contributed by atoms with E-state index in [2.05, 4.69) is 4.99 Å². The molecular formula is C22H25N3O6S3. The van der Waals surface area contributed by atoms with Crippen molar-refractivity contribution in [2.24, 2.45) is 12.0 Å². The van der Waals surface area contributed by atoms with Crippen LogP contribution in [-0.4, -0.2) is 63.2 Å². The van der Waals surface area contributed by atoms with Gasteiger partial charge < -0.3 is 9.30 Å². The maximum Gasteiger partial charge on any atom is 0.279 e. The van der Waals surface area contributed by atoms with Crippen molar-refractivity contribution in [3.05, 3.63) is 52.8 Å². The second kappa shape index (κ2) is 9.00. The normalized spacial score (nSPS) is 20.6. The highest BCUT2D eigenvalue weighted by Crippen LogP contribution is 2.23. The number of thiazole rings is 1. The topological polar surface area (TPSA) is 115 Å². The first-order valence-corrected chi connectivity index (χ1v) is 14.7. The Bertz CT molecular complexity index is 1530. The number of ether oxygens (including phenoxy) is 1. The molecule has 1 aromatic heterocycles. The number of morpholine rings is 1. The van der Waals surface area contributed by atoms with Crippen LogP contribution in [0.2, 0.25) is 0 Å². The molecular weight excluding hydrogens is 498 g/mol. The van der Waals surface area contributed by atoms with E-state index in [1.807, 2.05) is 13.8 Å². The van der Waals surface area contributed by atoms with E-state index >= 15 is 0 Å². The maximum atomic E-state index is 13.0. The number of carbonyl (C=O) groups excluding carboxylic acids is 1. The van der Waals surface area contributed by atoms with Crippen LogP contribution in [0.5, 0.6) is 0 Å². The molecule has 2 atom stereocenters. The van der Waals surface area contributed by atoms with Crippen molar-refractivity contribution in [2.75, 3.05) is 19.3 Å². The van der Waals surface area contributed by atoms with Crippen LogP contribution in [0.3, 0.4) is 0 Å². The summed E-state index contributed by atoms with van der Waals surface area (Å²) in [6, 6.07) is 10.5. The maximum absolute atomic E-state index is 13.0. The predicted molar refractivity (Wildman–Crippen MR) is 129 cm³/mol. The summed E-state index contributed by atoms with van der Waals surface area (Å²) in [6.07, 6.45) is 0.739. The van der Waals surface area contributed by atoms with Crippen LogP contribution in [-0.2, 0) is 31.6 Å². The molecule has 2 heterocycles. The fourth-order valence-corrected chi connectivity index (χ4v) is 7.22. The number of fused-ring (bicyclic) bond motifs is 1. The molecule has 0 aliphatic carbocycles. The van der Waals surface area contributed by atoms with Crippen molar-refractivity contribution in [1.29, 1.82) is 0 Å². The third kappa shape index (κ3) is 4.86. The van der Waals surface area contributed by atoms with Crippen molar-refractivity contribution < 1.29 is 26.4 Å². The number of hydrogen-bond donors (Lipinski definition) is 0. The zero-order valence-corrected chi connectivity index (χ0v) is 21.6. The van der Waals surface area contributed by atoms with Crippen LogP contribution in [0.1, 0.15) is 24.2 Å². The van der Waals surface area contributed by atoms with Crippen LogP contribution in [0, 0.1) is 0 Å². The van der Waals surface area contributed by atoms with Crippen molar-refractivity contribution in [2.45, 2.75) is 35.8 Å². The molecule has 12 heteroatoms. The first-order valence-electron chi connectivity index (χ1n) is 10.5.